The molecule has 0 unspecified atom stereocenters. The third-order valence-electron chi connectivity index (χ3n) is 4.46. The number of halogens is 1. The van der Waals surface area contributed by atoms with Gasteiger partial charge in [0, 0.05) is 5.56 Å². The molecule has 0 saturated carbocycles. The number of rotatable bonds is 4. The largest absolute Gasteiger partial charge is 0.507 e. The maximum Gasteiger partial charge on any atom is 0.270 e. The van der Waals surface area contributed by atoms with Crippen molar-refractivity contribution in [1.29, 1.82) is 0 Å². The Balaban J connectivity index is 1.62. The van der Waals surface area contributed by atoms with Crippen LogP contribution in [0.2, 0.25) is 0 Å². The highest BCUT2D eigenvalue weighted by atomic mass is 32.1. The van der Waals surface area contributed by atoms with E-state index in [2.05, 4.69) is 5.32 Å². The molecule has 154 valence electrons. The zero-order valence-corrected chi connectivity index (χ0v) is 16.7. The molecule has 3 aromatic carbocycles. The third-order valence-corrected chi connectivity index (χ3v) is 4.75. The smallest absolute Gasteiger partial charge is 0.270 e. The molecule has 1 aliphatic rings. The molecule has 2 N–H and O–H groups in total. The SMILES string of the molecule is O=C1NC(=S)N(c2ccc(Oc3ccccc3)cc2)C(=O)/C1=C/c1cc(F)ccc1O. The summed E-state index contributed by atoms with van der Waals surface area (Å²) < 4.78 is 19.3. The number of aromatic hydroxyl groups is 1. The van der Waals surface area contributed by atoms with Crippen molar-refractivity contribution in [2.75, 3.05) is 4.90 Å². The van der Waals surface area contributed by atoms with Crippen molar-refractivity contribution < 1.29 is 23.8 Å². The Bertz CT molecular complexity index is 1210. The number of ether oxygens (including phenoxy) is 1. The average molecular weight is 434 g/mol. The van der Waals surface area contributed by atoms with E-state index < -0.39 is 17.6 Å². The molecule has 31 heavy (non-hydrogen) atoms. The van der Waals surface area contributed by atoms with Gasteiger partial charge in [-0.05, 0) is 72.9 Å². The van der Waals surface area contributed by atoms with Gasteiger partial charge in [-0.15, -0.1) is 0 Å². The van der Waals surface area contributed by atoms with Crippen LogP contribution in [0.4, 0.5) is 10.1 Å². The Hall–Kier alpha value is -4.04. The summed E-state index contributed by atoms with van der Waals surface area (Å²) in [7, 11) is 0. The van der Waals surface area contributed by atoms with E-state index in [0.717, 1.165) is 29.2 Å². The van der Waals surface area contributed by atoms with Crippen molar-refractivity contribution in [3.05, 3.63) is 89.8 Å². The summed E-state index contributed by atoms with van der Waals surface area (Å²) in [5.41, 5.74) is 0.113. The lowest BCUT2D eigenvalue weighted by molar-refractivity contribution is -0.122. The van der Waals surface area contributed by atoms with E-state index in [-0.39, 0.29) is 22.0 Å². The van der Waals surface area contributed by atoms with Gasteiger partial charge in [-0.25, -0.2) is 4.39 Å². The number of anilines is 1. The van der Waals surface area contributed by atoms with Crippen LogP contribution in [0.5, 0.6) is 17.2 Å². The Morgan fingerprint density at radius 2 is 1.65 bits per heavy atom. The fourth-order valence-electron chi connectivity index (χ4n) is 2.98. The number of hydrogen-bond acceptors (Lipinski definition) is 5. The Kier molecular flexibility index (Phi) is 5.46. The zero-order chi connectivity index (χ0) is 22.0. The van der Waals surface area contributed by atoms with Gasteiger partial charge in [0.15, 0.2) is 5.11 Å². The zero-order valence-electron chi connectivity index (χ0n) is 15.9. The number of para-hydroxylation sites is 1. The topological polar surface area (TPSA) is 78.9 Å². The van der Waals surface area contributed by atoms with Gasteiger partial charge in [0.05, 0.1) is 5.69 Å². The highest BCUT2D eigenvalue weighted by molar-refractivity contribution is 7.80. The van der Waals surface area contributed by atoms with Crippen molar-refractivity contribution in [3.63, 3.8) is 0 Å². The van der Waals surface area contributed by atoms with Gasteiger partial charge in [0.1, 0.15) is 28.6 Å². The summed E-state index contributed by atoms with van der Waals surface area (Å²) in [6.07, 6.45) is 1.12. The second kappa shape index (κ2) is 8.37. The van der Waals surface area contributed by atoms with Crippen molar-refractivity contribution in [2.24, 2.45) is 0 Å². The Morgan fingerprint density at radius 3 is 2.35 bits per heavy atom. The van der Waals surface area contributed by atoms with Gasteiger partial charge in [-0.3, -0.25) is 19.8 Å². The number of benzene rings is 3. The monoisotopic (exact) mass is 434 g/mol. The molecule has 0 spiro atoms. The third kappa shape index (κ3) is 4.29. The summed E-state index contributed by atoms with van der Waals surface area (Å²) >= 11 is 5.17. The molecule has 8 heteroatoms. The summed E-state index contributed by atoms with van der Waals surface area (Å²) in [5.74, 6) is -1.11. The summed E-state index contributed by atoms with van der Waals surface area (Å²) in [4.78, 5) is 26.5. The molecule has 0 bridgehead atoms. The van der Waals surface area contributed by atoms with E-state index in [0.29, 0.717) is 17.2 Å². The van der Waals surface area contributed by atoms with E-state index in [9.17, 15) is 19.1 Å². The fraction of sp³-hybridized carbons (Fsp3) is 0. The molecule has 2 amide bonds. The lowest BCUT2D eigenvalue weighted by Gasteiger charge is -2.29. The molecule has 4 rings (SSSR count). The Morgan fingerprint density at radius 1 is 0.968 bits per heavy atom. The fourth-order valence-corrected chi connectivity index (χ4v) is 3.26. The van der Waals surface area contributed by atoms with Crippen LogP contribution in [-0.4, -0.2) is 22.0 Å². The number of phenolic OH excluding ortho intramolecular Hbond substituents is 1. The molecular formula is C23H15FN2O4S. The normalized spacial score (nSPS) is 15.2. The van der Waals surface area contributed by atoms with E-state index in [1.54, 1.807) is 24.3 Å². The van der Waals surface area contributed by atoms with Crippen LogP contribution in [0, 0.1) is 5.82 Å². The van der Waals surface area contributed by atoms with Crippen molar-refractivity contribution in [3.8, 4) is 17.2 Å². The molecule has 0 aromatic heterocycles. The van der Waals surface area contributed by atoms with Gasteiger partial charge in [0.25, 0.3) is 11.8 Å². The van der Waals surface area contributed by atoms with E-state index in [1.165, 1.54) is 0 Å². The van der Waals surface area contributed by atoms with Crippen molar-refractivity contribution >= 4 is 40.9 Å². The van der Waals surface area contributed by atoms with Gasteiger partial charge in [0.2, 0.25) is 0 Å². The number of phenols is 1. The number of carbonyl (C=O) groups is 2. The second-order valence-corrected chi connectivity index (χ2v) is 6.96. The number of thiocarbonyl (C=S) groups is 1. The Labute approximate surface area is 182 Å². The minimum absolute atomic E-state index is 0.00197. The maximum atomic E-state index is 13.5. The first-order chi connectivity index (χ1) is 14.9. The van der Waals surface area contributed by atoms with Crippen LogP contribution in [-0.2, 0) is 9.59 Å². The molecule has 1 heterocycles. The molecule has 0 radical (unpaired) electrons. The lowest BCUT2D eigenvalue weighted by Crippen LogP contribution is -2.54. The second-order valence-electron chi connectivity index (χ2n) is 6.57. The predicted molar refractivity (Wildman–Crippen MR) is 117 cm³/mol. The molecule has 6 nitrogen and oxygen atoms in total. The van der Waals surface area contributed by atoms with Crippen LogP contribution >= 0.6 is 12.2 Å². The molecule has 3 aromatic rings. The van der Waals surface area contributed by atoms with Crippen LogP contribution in [0.15, 0.2) is 78.4 Å². The van der Waals surface area contributed by atoms with E-state index >= 15 is 0 Å². The number of amides is 2. The number of carbonyl (C=O) groups excluding carboxylic acids is 2. The number of hydrogen-bond donors (Lipinski definition) is 2. The minimum Gasteiger partial charge on any atom is -0.507 e. The predicted octanol–water partition coefficient (Wildman–Crippen LogP) is 4.15. The number of nitrogens with zero attached hydrogens (tertiary/aromatic N) is 1. The van der Waals surface area contributed by atoms with Crippen LogP contribution in [0.1, 0.15) is 5.56 Å². The molecular weight excluding hydrogens is 419 g/mol. The van der Waals surface area contributed by atoms with Gasteiger partial charge in [-0.2, -0.15) is 0 Å². The van der Waals surface area contributed by atoms with E-state index in [4.69, 9.17) is 17.0 Å². The summed E-state index contributed by atoms with van der Waals surface area (Å²) in [6, 6.07) is 19.0. The van der Waals surface area contributed by atoms with Crippen molar-refractivity contribution in [2.45, 2.75) is 0 Å². The standard InChI is InChI=1S/C23H15FN2O4S/c24-15-6-11-20(27)14(12-15)13-19-21(28)25-23(31)26(22(19)29)16-7-9-18(10-8-16)30-17-4-2-1-3-5-17/h1-13,27H,(H,25,28,31)/b19-13+. The van der Waals surface area contributed by atoms with Crippen molar-refractivity contribution in [1.82, 2.24) is 5.32 Å². The van der Waals surface area contributed by atoms with Gasteiger partial charge < -0.3 is 9.84 Å². The van der Waals surface area contributed by atoms with Crippen LogP contribution in [0.25, 0.3) is 6.08 Å². The van der Waals surface area contributed by atoms with Gasteiger partial charge in [-0.1, -0.05) is 18.2 Å². The highest BCUT2D eigenvalue weighted by Crippen LogP contribution is 2.28. The first-order valence-corrected chi connectivity index (χ1v) is 9.56. The molecule has 0 atom stereocenters. The van der Waals surface area contributed by atoms with Crippen LogP contribution < -0.4 is 15.0 Å². The first-order valence-electron chi connectivity index (χ1n) is 9.15. The van der Waals surface area contributed by atoms with Gasteiger partial charge >= 0.3 is 0 Å². The maximum absolute atomic E-state index is 13.5. The summed E-state index contributed by atoms with van der Waals surface area (Å²) in [5, 5.41) is 12.3. The molecule has 1 saturated heterocycles. The number of nitrogens with one attached hydrogen (secondary N) is 1. The molecule has 1 fully saturated rings. The summed E-state index contributed by atoms with van der Waals surface area (Å²) in [6.45, 7) is 0. The molecule has 0 aliphatic carbocycles. The minimum atomic E-state index is -0.737. The van der Waals surface area contributed by atoms with Crippen LogP contribution in [0.3, 0.4) is 0 Å². The quantitative estimate of drug-likeness (QED) is 0.366. The average Bonchev–Trinajstić information content (AvgIpc) is 2.75. The highest BCUT2D eigenvalue weighted by Gasteiger charge is 2.34. The molecule has 1 aliphatic heterocycles. The van der Waals surface area contributed by atoms with E-state index in [1.807, 2.05) is 30.3 Å². The first kappa shape index (κ1) is 20.2. The lowest BCUT2D eigenvalue weighted by atomic mass is 10.1.